The van der Waals surface area contributed by atoms with Crippen molar-refractivity contribution in [3.8, 4) is 0 Å². The summed E-state index contributed by atoms with van der Waals surface area (Å²) in [6, 6.07) is 3.20. The third-order valence-electron chi connectivity index (χ3n) is 5.03. The van der Waals surface area contributed by atoms with E-state index in [4.69, 9.17) is 23.2 Å². The van der Waals surface area contributed by atoms with E-state index in [0.717, 1.165) is 19.5 Å². The van der Waals surface area contributed by atoms with Gasteiger partial charge in [0.1, 0.15) is 10.3 Å². The topological polar surface area (TPSA) is 33.2 Å². The molecule has 1 spiro atoms. The highest BCUT2D eigenvalue weighted by Gasteiger charge is 2.46. The molecule has 1 aliphatic heterocycles. The van der Waals surface area contributed by atoms with Gasteiger partial charge in [-0.25, -0.2) is 4.98 Å². The van der Waals surface area contributed by atoms with Crippen LogP contribution in [0.15, 0.2) is 12.1 Å². The van der Waals surface area contributed by atoms with Crippen molar-refractivity contribution in [3.63, 3.8) is 0 Å². The molecule has 1 atom stereocenters. The van der Waals surface area contributed by atoms with E-state index in [1.54, 1.807) is 12.1 Å². The first kappa shape index (κ1) is 14.2. The number of hydrogen-bond acceptors (Lipinski definition) is 2. The van der Waals surface area contributed by atoms with Gasteiger partial charge in [-0.2, -0.15) is 0 Å². The summed E-state index contributed by atoms with van der Waals surface area (Å²) >= 11 is 11.8. The van der Waals surface area contributed by atoms with Gasteiger partial charge >= 0.3 is 0 Å². The van der Waals surface area contributed by atoms with Gasteiger partial charge in [0.25, 0.3) is 5.91 Å². The third kappa shape index (κ3) is 2.42. The Morgan fingerprint density at radius 1 is 1.35 bits per heavy atom. The Balaban J connectivity index is 1.80. The summed E-state index contributed by atoms with van der Waals surface area (Å²) in [5, 5.41) is 0.536. The predicted octanol–water partition coefficient (Wildman–Crippen LogP) is 4.04. The van der Waals surface area contributed by atoms with Gasteiger partial charge in [0, 0.05) is 18.7 Å². The number of carbonyl (C=O) groups is 1. The van der Waals surface area contributed by atoms with Crippen LogP contribution < -0.4 is 0 Å². The summed E-state index contributed by atoms with van der Waals surface area (Å²) in [7, 11) is 0. The van der Waals surface area contributed by atoms with E-state index < -0.39 is 0 Å². The molecule has 0 bridgehead atoms. The van der Waals surface area contributed by atoms with Crippen LogP contribution in [0.25, 0.3) is 0 Å². The normalized spacial score (nSPS) is 24.6. The van der Waals surface area contributed by atoms with Crippen LogP contribution in [-0.4, -0.2) is 28.9 Å². The molecular weight excluding hydrogens is 295 g/mol. The number of likely N-dealkylation sites (tertiary alicyclic amines) is 1. The lowest BCUT2D eigenvalue weighted by molar-refractivity contribution is -0.0208. The molecule has 1 amide bonds. The van der Waals surface area contributed by atoms with Gasteiger partial charge in [0.05, 0.1) is 0 Å². The van der Waals surface area contributed by atoms with Crippen LogP contribution in [0, 0.1) is 11.3 Å². The van der Waals surface area contributed by atoms with Crippen molar-refractivity contribution in [2.45, 2.75) is 32.6 Å². The molecule has 20 heavy (non-hydrogen) atoms. The summed E-state index contributed by atoms with van der Waals surface area (Å²) in [4.78, 5) is 18.5. The van der Waals surface area contributed by atoms with Crippen molar-refractivity contribution < 1.29 is 4.79 Å². The fourth-order valence-electron chi connectivity index (χ4n) is 3.50. The highest BCUT2D eigenvalue weighted by Crippen LogP contribution is 2.51. The Hall–Kier alpha value is -0.800. The van der Waals surface area contributed by atoms with Crippen LogP contribution >= 0.6 is 23.2 Å². The van der Waals surface area contributed by atoms with E-state index >= 15 is 0 Å². The summed E-state index contributed by atoms with van der Waals surface area (Å²) < 4.78 is 0. The molecular formula is C15H18Cl2N2O. The van der Waals surface area contributed by atoms with Crippen LogP contribution in [-0.2, 0) is 0 Å². The molecule has 1 aromatic heterocycles. The van der Waals surface area contributed by atoms with E-state index in [0.29, 0.717) is 16.9 Å². The minimum Gasteiger partial charge on any atom is -0.338 e. The molecule has 2 aliphatic rings. The number of amides is 1. The first-order valence-electron chi connectivity index (χ1n) is 7.12. The zero-order valence-corrected chi connectivity index (χ0v) is 13.0. The monoisotopic (exact) mass is 312 g/mol. The Morgan fingerprint density at radius 3 is 2.55 bits per heavy atom. The molecule has 1 saturated carbocycles. The summed E-state index contributed by atoms with van der Waals surface area (Å²) in [5.74, 6) is 0.735. The molecule has 1 saturated heterocycles. The minimum absolute atomic E-state index is 0.0226. The average Bonchev–Trinajstić information content (AvgIpc) is 2.35. The van der Waals surface area contributed by atoms with Gasteiger partial charge in [-0.05, 0) is 42.7 Å². The van der Waals surface area contributed by atoms with Crippen molar-refractivity contribution >= 4 is 29.1 Å². The maximum Gasteiger partial charge on any atom is 0.254 e. The first-order chi connectivity index (χ1) is 9.50. The summed E-state index contributed by atoms with van der Waals surface area (Å²) in [5.41, 5.74) is 0.896. The Labute approximate surface area is 129 Å². The second-order valence-corrected chi connectivity index (χ2v) is 6.91. The Kier molecular flexibility index (Phi) is 3.67. The summed E-state index contributed by atoms with van der Waals surface area (Å²) in [6.45, 7) is 4.00. The lowest BCUT2D eigenvalue weighted by Crippen LogP contribution is -2.53. The van der Waals surface area contributed by atoms with E-state index in [-0.39, 0.29) is 16.2 Å². The van der Waals surface area contributed by atoms with Gasteiger partial charge in [0.15, 0.2) is 0 Å². The molecule has 0 aromatic carbocycles. The smallest absolute Gasteiger partial charge is 0.254 e. The van der Waals surface area contributed by atoms with Gasteiger partial charge in [-0.3, -0.25) is 4.79 Å². The van der Waals surface area contributed by atoms with E-state index in [2.05, 4.69) is 11.9 Å². The molecule has 3 nitrogen and oxygen atoms in total. The van der Waals surface area contributed by atoms with Gasteiger partial charge in [0.2, 0.25) is 0 Å². The largest absolute Gasteiger partial charge is 0.338 e. The first-order valence-corrected chi connectivity index (χ1v) is 7.88. The molecule has 0 radical (unpaired) electrons. The van der Waals surface area contributed by atoms with Crippen LogP contribution in [0.1, 0.15) is 43.0 Å². The quantitative estimate of drug-likeness (QED) is 0.733. The second kappa shape index (κ2) is 5.19. The Bertz CT molecular complexity index is 522. The van der Waals surface area contributed by atoms with Crippen molar-refractivity contribution in [2.75, 3.05) is 13.1 Å². The average molecular weight is 313 g/mol. The highest BCUT2D eigenvalue weighted by molar-refractivity contribution is 6.33. The molecule has 0 N–H and O–H groups in total. The van der Waals surface area contributed by atoms with E-state index in [1.807, 2.05) is 4.90 Å². The molecule has 108 valence electrons. The van der Waals surface area contributed by atoms with Crippen LogP contribution in [0.5, 0.6) is 0 Å². The number of piperidine rings is 1. The number of rotatable bonds is 1. The molecule has 1 unspecified atom stereocenters. The Morgan fingerprint density at radius 2 is 2.00 bits per heavy atom. The SMILES string of the molecule is CC1CCN(C(=O)c2cc(Cl)nc(Cl)c2)CC12CCC2. The number of pyridine rings is 1. The van der Waals surface area contributed by atoms with Crippen molar-refractivity contribution in [1.82, 2.24) is 9.88 Å². The van der Waals surface area contributed by atoms with Gasteiger partial charge < -0.3 is 4.90 Å². The highest BCUT2D eigenvalue weighted by atomic mass is 35.5. The predicted molar refractivity (Wildman–Crippen MR) is 80.2 cm³/mol. The zero-order chi connectivity index (χ0) is 14.3. The maximum atomic E-state index is 12.6. The zero-order valence-electron chi connectivity index (χ0n) is 11.5. The summed E-state index contributed by atoms with van der Waals surface area (Å²) in [6.07, 6.45) is 4.86. The fourth-order valence-corrected chi connectivity index (χ4v) is 3.96. The molecule has 2 heterocycles. The standard InChI is InChI=1S/C15H18Cl2N2O/c1-10-3-6-19(9-15(10)4-2-5-15)14(20)11-7-12(16)18-13(17)8-11/h7-8,10H,2-6,9H2,1H3. The molecule has 3 rings (SSSR count). The number of carbonyl (C=O) groups excluding carboxylic acids is 1. The molecule has 2 fully saturated rings. The fraction of sp³-hybridized carbons (Fsp3) is 0.600. The van der Waals surface area contributed by atoms with Crippen LogP contribution in [0.3, 0.4) is 0 Å². The lowest BCUT2D eigenvalue weighted by atomic mass is 9.59. The molecule has 1 aromatic rings. The van der Waals surface area contributed by atoms with Crippen molar-refractivity contribution in [3.05, 3.63) is 28.0 Å². The van der Waals surface area contributed by atoms with E-state index in [9.17, 15) is 4.79 Å². The van der Waals surface area contributed by atoms with Gasteiger partial charge in [-0.15, -0.1) is 0 Å². The van der Waals surface area contributed by atoms with Crippen molar-refractivity contribution in [1.29, 1.82) is 0 Å². The molecule has 1 aliphatic carbocycles. The number of nitrogens with zero attached hydrogens (tertiary/aromatic N) is 2. The van der Waals surface area contributed by atoms with Crippen LogP contribution in [0.4, 0.5) is 0 Å². The molecule has 5 heteroatoms. The third-order valence-corrected chi connectivity index (χ3v) is 5.42. The van der Waals surface area contributed by atoms with E-state index in [1.165, 1.54) is 19.3 Å². The van der Waals surface area contributed by atoms with Crippen molar-refractivity contribution in [2.24, 2.45) is 11.3 Å². The number of hydrogen-bond donors (Lipinski definition) is 0. The van der Waals surface area contributed by atoms with Crippen LogP contribution in [0.2, 0.25) is 10.3 Å². The minimum atomic E-state index is 0.0226. The number of halogens is 2. The number of aromatic nitrogens is 1. The lowest BCUT2D eigenvalue weighted by Gasteiger charge is -2.53. The maximum absolute atomic E-state index is 12.6. The second-order valence-electron chi connectivity index (χ2n) is 6.13. The van der Waals surface area contributed by atoms with Gasteiger partial charge in [-0.1, -0.05) is 36.5 Å².